The van der Waals surface area contributed by atoms with Crippen molar-refractivity contribution in [2.75, 3.05) is 13.2 Å². The highest BCUT2D eigenvalue weighted by Gasteiger charge is 2.39. The number of fused-ring (bicyclic) bond motifs is 3. The van der Waals surface area contributed by atoms with Crippen LogP contribution in [-0.4, -0.2) is 53.2 Å². The average Bonchev–Trinajstić information content (AvgIpc) is 3.14. The molecule has 1 saturated heterocycles. The van der Waals surface area contributed by atoms with E-state index in [0.29, 0.717) is 19.4 Å². The largest absolute Gasteiger partial charge is 0.481 e. The molecule has 1 aliphatic carbocycles. The summed E-state index contributed by atoms with van der Waals surface area (Å²) in [6.45, 7) is 6.13. The highest BCUT2D eigenvalue weighted by atomic mass is 16.5. The number of rotatable bonds is 6. The van der Waals surface area contributed by atoms with Gasteiger partial charge in [-0.15, -0.1) is 0 Å². The van der Waals surface area contributed by atoms with Crippen LogP contribution in [0.4, 0.5) is 4.79 Å². The van der Waals surface area contributed by atoms with Crippen molar-refractivity contribution in [2.24, 2.45) is 11.8 Å². The van der Waals surface area contributed by atoms with Gasteiger partial charge < -0.3 is 20.1 Å². The predicted octanol–water partition coefficient (Wildman–Crippen LogP) is 4.26. The Hall–Kier alpha value is -3.35. The van der Waals surface area contributed by atoms with Crippen molar-refractivity contribution in [3.63, 3.8) is 0 Å². The maximum absolute atomic E-state index is 13.3. The molecule has 4 rings (SSSR count). The quantitative estimate of drug-likeness (QED) is 0.666. The molecule has 2 aromatic rings. The van der Waals surface area contributed by atoms with Crippen LogP contribution in [0.2, 0.25) is 0 Å². The van der Waals surface area contributed by atoms with Gasteiger partial charge in [0.25, 0.3) is 0 Å². The van der Waals surface area contributed by atoms with Crippen LogP contribution in [0, 0.1) is 11.8 Å². The summed E-state index contributed by atoms with van der Waals surface area (Å²) in [6.07, 6.45) is 0.531. The number of alkyl carbamates (subject to hydrolysis) is 1. The molecular formula is C27H32N2O5. The van der Waals surface area contributed by atoms with Crippen LogP contribution in [0.1, 0.15) is 50.7 Å². The van der Waals surface area contributed by atoms with Crippen molar-refractivity contribution in [1.29, 1.82) is 0 Å². The van der Waals surface area contributed by atoms with E-state index in [2.05, 4.69) is 29.6 Å². The number of carboxylic acid groups (broad SMARTS) is 1. The van der Waals surface area contributed by atoms with E-state index in [1.165, 1.54) is 0 Å². The number of carbonyl (C=O) groups excluding carboxylic acids is 2. The lowest BCUT2D eigenvalue weighted by Crippen LogP contribution is -2.57. The van der Waals surface area contributed by atoms with E-state index in [1.807, 2.05) is 38.1 Å². The van der Waals surface area contributed by atoms with Crippen molar-refractivity contribution in [1.82, 2.24) is 10.2 Å². The summed E-state index contributed by atoms with van der Waals surface area (Å²) >= 11 is 0. The van der Waals surface area contributed by atoms with Gasteiger partial charge in [-0.1, -0.05) is 62.4 Å². The van der Waals surface area contributed by atoms with E-state index in [1.54, 1.807) is 11.8 Å². The summed E-state index contributed by atoms with van der Waals surface area (Å²) in [5.41, 5.74) is 4.54. The first-order valence-corrected chi connectivity index (χ1v) is 11.9. The maximum atomic E-state index is 13.3. The zero-order valence-electron chi connectivity index (χ0n) is 19.9. The molecule has 2 aliphatic rings. The van der Waals surface area contributed by atoms with Gasteiger partial charge in [0.1, 0.15) is 12.6 Å². The number of aliphatic carboxylic acids is 1. The Morgan fingerprint density at radius 3 is 2.21 bits per heavy atom. The van der Waals surface area contributed by atoms with Crippen molar-refractivity contribution < 1.29 is 24.2 Å². The molecule has 2 aromatic carbocycles. The van der Waals surface area contributed by atoms with Gasteiger partial charge in [0.05, 0.1) is 5.92 Å². The number of carbonyl (C=O) groups is 3. The van der Waals surface area contributed by atoms with Gasteiger partial charge in [0.2, 0.25) is 5.91 Å². The second-order valence-corrected chi connectivity index (χ2v) is 9.55. The first kappa shape index (κ1) is 23.8. The van der Waals surface area contributed by atoms with E-state index < -0.39 is 30.1 Å². The molecule has 0 aromatic heterocycles. The molecule has 0 bridgehead atoms. The Balaban J connectivity index is 1.43. The Kier molecular flexibility index (Phi) is 6.91. The fourth-order valence-corrected chi connectivity index (χ4v) is 5.24. The molecule has 2 amide bonds. The summed E-state index contributed by atoms with van der Waals surface area (Å²) in [5.74, 6) is -1.99. The fraction of sp³-hybridized carbons (Fsp3) is 0.444. The van der Waals surface area contributed by atoms with Gasteiger partial charge in [0.15, 0.2) is 0 Å². The van der Waals surface area contributed by atoms with Gasteiger partial charge >= 0.3 is 12.1 Å². The molecule has 0 spiro atoms. The minimum atomic E-state index is -0.893. The number of amides is 2. The Labute approximate surface area is 200 Å². The molecule has 7 heteroatoms. The number of hydrogen-bond acceptors (Lipinski definition) is 4. The van der Waals surface area contributed by atoms with Gasteiger partial charge in [-0.2, -0.15) is 0 Å². The van der Waals surface area contributed by atoms with Crippen molar-refractivity contribution >= 4 is 18.0 Å². The van der Waals surface area contributed by atoms with E-state index in [-0.39, 0.29) is 24.3 Å². The number of carboxylic acids is 1. The van der Waals surface area contributed by atoms with Crippen LogP contribution >= 0.6 is 0 Å². The van der Waals surface area contributed by atoms with Gasteiger partial charge in [-0.3, -0.25) is 9.59 Å². The summed E-state index contributed by atoms with van der Waals surface area (Å²) in [6, 6.07) is 15.0. The molecule has 1 aliphatic heterocycles. The lowest BCUT2D eigenvalue weighted by atomic mass is 9.89. The first-order chi connectivity index (χ1) is 16.3. The van der Waals surface area contributed by atoms with Crippen LogP contribution in [-0.2, 0) is 14.3 Å². The first-order valence-electron chi connectivity index (χ1n) is 11.9. The predicted molar refractivity (Wildman–Crippen MR) is 128 cm³/mol. The number of nitrogens with zero attached hydrogens (tertiary/aromatic N) is 1. The second-order valence-electron chi connectivity index (χ2n) is 9.55. The second kappa shape index (κ2) is 9.87. The summed E-state index contributed by atoms with van der Waals surface area (Å²) in [7, 11) is 0. The molecule has 34 heavy (non-hydrogen) atoms. The topological polar surface area (TPSA) is 95.9 Å². The summed E-state index contributed by atoms with van der Waals surface area (Å²) in [5, 5.41) is 12.2. The van der Waals surface area contributed by atoms with E-state index in [9.17, 15) is 19.5 Å². The number of benzene rings is 2. The Morgan fingerprint density at radius 1 is 1.06 bits per heavy atom. The molecule has 7 nitrogen and oxygen atoms in total. The summed E-state index contributed by atoms with van der Waals surface area (Å²) in [4.78, 5) is 39.3. The zero-order chi connectivity index (χ0) is 24.4. The van der Waals surface area contributed by atoms with Gasteiger partial charge in [-0.25, -0.2) is 4.79 Å². The maximum Gasteiger partial charge on any atom is 0.407 e. The highest BCUT2D eigenvalue weighted by molar-refractivity contribution is 5.87. The van der Waals surface area contributed by atoms with Crippen molar-refractivity contribution in [2.45, 2.75) is 51.6 Å². The standard InChI is InChI=1S/C27H32N2O5/c1-16(2)24(25(30)29-14-8-13-18(17(29)3)26(31)32)28-27(33)34-15-23-21-11-6-4-9-19(21)20-10-5-7-12-22(20)23/h4-7,9-12,16-18,23-24H,8,13-15H2,1-3H3,(H,28,33)(H,31,32)/t17-,18-,24-/m0/s1. The number of ether oxygens (including phenoxy) is 1. The number of likely N-dealkylation sites (tertiary alicyclic amines) is 1. The minimum Gasteiger partial charge on any atom is -0.481 e. The van der Waals surface area contributed by atoms with Crippen molar-refractivity contribution in [3.05, 3.63) is 59.7 Å². The third-order valence-electron chi connectivity index (χ3n) is 7.14. The van der Waals surface area contributed by atoms with E-state index in [4.69, 9.17) is 4.74 Å². The number of piperidine rings is 1. The molecule has 2 N–H and O–H groups in total. The third-order valence-corrected chi connectivity index (χ3v) is 7.14. The Bertz CT molecular complexity index is 1040. The molecule has 3 atom stereocenters. The normalized spacial score (nSPS) is 20.4. The molecule has 1 fully saturated rings. The van der Waals surface area contributed by atoms with Crippen LogP contribution < -0.4 is 5.32 Å². The van der Waals surface area contributed by atoms with Crippen LogP contribution in [0.3, 0.4) is 0 Å². The fourth-order valence-electron chi connectivity index (χ4n) is 5.24. The highest BCUT2D eigenvalue weighted by Crippen LogP contribution is 2.44. The monoisotopic (exact) mass is 464 g/mol. The van der Waals surface area contributed by atoms with Crippen LogP contribution in [0.5, 0.6) is 0 Å². The van der Waals surface area contributed by atoms with E-state index in [0.717, 1.165) is 22.3 Å². The molecule has 180 valence electrons. The Morgan fingerprint density at radius 2 is 1.65 bits per heavy atom. The van der Waals surface area contributed by atoms with E-state index >= 15 is 0 Å². The SMILES string of the molecule is CC(C)[C@H](NC(=O)OCC1c2ccccc2-c2ccccc21)C(=O)N1CCC[C@H](C(=O)O)[C@@H]1C. The molecule has 0 saturated carbocycles. The van der Waals surface area contributed by atoms with Crippen molar-refractivity contribution in [3.8, 4) is 11.1 Å². The third kappa shape index (κ3) is 4.52. The van der Waals surface area contributed by atoms with Crippen LogP contribution in [0.25, 0.3) is 11.1 Å². The number of nitrogens with one attached hydrogen (secondary N) is 1. The smallest absolute Gasteiger partial charge is 0.407 e. The van der Waals surface area contributed by atoms with Gasteiger partial charge in [-0.05, 0) is 47.9 Å². The average molecular weight is 465 g/mol. The molecule has 1 heterocycles. The van der Waals surface area contributed by atoms with Crippen LogP contribution in [0.15, 0.2) is 48.5 Å². The summed E-state index contributed by atoms with van der Waals surface area (Å²) < 4.78 is 5.63. The van der Waals surface area contributed by atoms with Gasteiger partial charge in [0, 0.05) is 18.5 Å². The molecular weight excluding hydrogens is 432 g/mol. The molecule has 0 radical (unpaired) electrons. The number of hydrogen-bond donors (Lipinski definition) is 2. The lowest BCUT2D eigenvalue weighted by molar-refractivity contribution is -0.150. The molecule has 0 unspecified atom stereocenters. The minimum absolute atomic E-state index is 0.0650. The lowest BCUT2D eigenvalue weighted by Gasteiger charge is -2.40. The zero-order valence-corrected chi connectivity index (χ0v) is 19.9.